The lowest BCUT2D eigenvalue weighted by Crippen LogP contribution is -2.44. The second-order valence-electron chi connectivity index (χ2n) is 5.05. The van der Waals surface area contributed by atoms with Gasteiger partial charge in [0.25, 0.3) is 0 Å². The molecule has 92 valence electrons. The number of nitrogens with two attached hydrogens (primary N) is 1. The van der Waals surface area contributed by atoms with Crippen molar-refractivity contribution in [3.05, 3.63) is 0 Å². The van der Waals surface area contributed by atoms with Crippen LogP contribution in [0.25, 0.3) is 0 Å². The number of rotatable bonds is 4. The monoisotopic (exact) mass is 225 g/mol. The van der Waals surface area contributed by atoms with Crippen molar-refractivity contribution in [1.82, 2.24) is 10.2 Å². The minimum absolute atomic E-state index is 0.187. The average molecular weight is 225 g/mol. The van der Waals surface area contributed by atoms with E-state index in [2.05, 4.69) is 10.2 Å². The van der Waals surface area contributed by atoms with E-state index in [4.69, 9.17) is 5.73 Å². The molecule has 2 aliphatic rings. The van der Waals surface area contributed by atoms with Crippen LogP contribution in [0.2, 0.25) is 0 Å². The van der Waals surface area contributed by atoms with Crippen molar-refractivity contribution in [3.63, 3.8) is 0 Å². The average Bonchev–Trinajstić information content (AvgIpc) is 2.88. The Labute approximate surface area is 97.6 Å². The highest BCUT2D eigenvalue weighted by Crippen LogP contribution is 2.18. The SMILES string of the molecule is NCC1CCCN1CC(=O)NC1CCCC1. The van der Waals surface area contributed by atoms with Crippen molar-refractivity contribution in [2.45, 2.75) is 50.6 Å². The van der Waals surface area contributed by atoms with Crippen LogP contribution in [0, 0.1) is 0 Å². The fourth-order valence-electron chi connectivity index (χ4n) is 2.90. The lowest BCUT2D eigenvalue weighted by atomic mass is 10.2. The molecule has 1 atom stereocenters. The highest BCUT2D eigenvalue weighted by molar-refractivity contribution is 5.78. The zero-order chi connectivity index (χ0) is 11.4. The summed E-state index contributed by atoms with van der Waals surface area (Å²) in [4.78, 5) is 14.0. The Hall–Kier alpha value is -0.610. The number of hydrogen-bond donors (Lipinski definition) is 2. The summed E-state index contributed by atoms with van der Waals surface area (Å²) in [6, 6.07) is 0.862. The lowest BCUT2D eigenvalue weighted by Gasteiger charge is -2.23. The molecule has 0 aromatic carbocycles. The molecular formula is C12H23N3O. The second kappa shape index (κ2) is 5.64. The Morgan fingerprint density at radius 2 is 2.00 bits per heavy atom. The molecule has 2 fully saturated rings. The summed E-state index contributed by atoms with van der Waals surface area (Å²) in [5.74, 6) is 0.187. The van der Waals surface area contributed by atoms with E-state index in [1.54, 1.807) is 0 Å². The first-order chi connectivity index (χ1) is 7.79. The zero-order valence-electron chi connectivity index (χ0n) is 9.95. The molecule has 2 rings (SSSR count). The van der Waals surface area contributed by atoms with Gasteiger partial charge in [-0.3, -0.25) is 9.69 Å². The Bertz CT molecular complexity index is 238. The predicted octanol–water partition coefficient (Wildman–Crippen LogP) is 0.468. The maximum absolute atomic E-state index is 11.8. The third-order valence-corrected chi connectivity index (χ3v) is 3.84. The molecule has 0 spiro atoms. The lowest BCUT2D eigenvalue weighted by molar-refractivity contribution is -0.123. The van der Waals surface area contributed by atoms with Gasteiger partial charge in [0.2, 0.25) is 5.91 Å². The Balaban J connectivity index is 1.73. The van der Waals surface area contributed by atoms with Gasteiger partial charge in [0.05, 0.1) is 6.54 Å². The highest BCUT2D eigenvalue weighted by Gasteiger charge is 2.26. The molecule has 0 aromatic rings. The topological polar surface area (TPSA) is 58.4 Å². The van der Waals surface area contributed by atoms with Gasteiger partial charge in [-0.15, -0.1) is 0 Å². The summed E-state index contributed by atoms with van der Waals surface area (Å²) in [7, 11) is 0. The maximum atomic E-state index is 11.8. The van der Waals surface area contributed by atoms with Crippen molar-refractivity contribution in [2.24, 2.45) is 5.73 Å². The summed E-state index contributed by atoms with van der Waals surface area (Å²) >= 11 is 0. The first-order valence-corrected chi connectivity index (χ1v) is 6.53. The van der Waals surface area contributed by atoms with Gasteiger partial charge in [0, 0.05) is 18.6 Å². The number of amides is 1. The third-order valence-electron chi connectivity index (χ3n) is 3.84. The molecule has 0 bridgehead atoms. The molecule has 1 saturated carbocycles. The number of likely N-dealkylation sites (tertiary alicyclic amines) is 1. The van der Waals surface area contributed by atoms with E-state index >= 15 is 0 Å². The molecule has 1 unspecified atom stereocenters. The van der Waals surface area contributed by atoms with Crippen LogP contribution in [-0.4, -0.2) is 42.5 Å². The van der Waals surface area contributed by atoms with E-state index < -0.39 is 0 Å². The summed E-state index contributed by atoms with van der Waals surface area (Å²) < 4.78 is 0. The largest absolute Gasteiger partial charge is 0.352 e. The summed E-state index contributed by atoms with van der Waals surface area (Å²) in [5.41, 5.74) is 5.69. The molecule has 1 amide bonds. The van der Waals surface area contributed by atoms with Gasteiger partial charge >= 0.3 is 0 Å². The molecule has 4 nitrogen and oxygen atoms in total. The molecule has 16 heavy (non-hydrogen) atoms. The Kier molecular flexibility index (Phi) is 4.18. The standard InChI is InChI=1S/C12H23N3O/c13-8-11-6-3-7-15(11)9-12(16)14-10-4-1-2-5-10/h10-11H,1-9,13H2,(H,14,16). The fraction of sp³-hybridized carbons (Fsp3) is 0.917. The number of carbonyl (C=O) groups excluding carboxylic acids is 1. The van der Waals surface area contributed by atoms with Crippen LogP contribution in [0.15, 0.2) is 0 Å². The molecule has 0 aromatic heterocycles. The van der Waals surface area contributed by atoms with Crippen molar-refractivity contribution < 1.29 is 4.79 Å². The van der Waals surface area contributed by atoms with Gasteiger partial charge < -0.3 is 11.1 Å². The second-order valence-corrected chi connectivity index (χ2v) is 5.05. The number of hydrogen-bond acceptors (Lipinski definition) is 3. The van der Waals surface area contributed by atoms with Crippen LogP contribution >= 0.6 is 0 Å². The first kappa shape index (κ1) is 11.9. The zero-order valence-corrected chi connectivity index (χ0v) is 9.95. The molecule has 0 radical (unpaired) electrons. The molecule has 4 heteroatoms. The molecule has 1 aliphatic heterocycles. The Morgan fingerprint density at radius 1 is 1.25 bits per heavy atom. The fourth-order valence-corrected chi connectivity index (χ4v) is 2.90. The summed E-state index contributed by atoms with van der Waals surface area (Å²) in [5, 5.41) is 3.13. The van der Waals surface area contributed by atoms with Gasteiger partial charge in [-0.1, -0.05) is 12.8 Å². The van der Waals surface area contributed by atoms with Gasteiger partial charge in [-0.25, -0.2) is 0 Å². The smallest absolute Gasteiger partial charge is 0.234 e. The van der Waals surface area contributed by atoms with Gasteiger partial charge in [0.15, 0.2) is 0 Å². The maximum Gasteiger partial charge on any atom is 0.234 e. The van der Waals surface area contributed by atoms with Crippen LogP contribution in [0.4, 0.5) is 0 Å². The van der Waals surface area contributed by atoms with E-state index in [0.717, 1.165) is 25.8 Å². The normalized spacial score (nSPS) is 27.4. The van der Waals surface area contributed by atoms with Crippen LogP contribution in [0.5, 0.6) is 0 Å². The number of carbonyl (C=O) groups is 1. The van der Waals surface area contributed by atoms with E-state index in [9.17, 15) is 4.79 Å². The van der Waals surface area contributed by atoms with Crippen LogP contribution in [0.1, 0.15) is 38.5 Å². The van der Waals surface area contributed by atoms with E-state index in [0.29, 0.717) is 25.2 Å². The summed E-state index contributed by atoms with van der Waals surface area (Å²) in [6.45, 7) is 2.25. The van der Waals surface area contributed by atoms with Crippen molar-refractivity contribution in [1.29, 1.82) is 0 Å². The molecular weight excluding hydrogens is 202 g/mol. The molecule has 1 heterocycles. The van der Waals surface area contributed by atoms with E-state index in [1.165, 1.54) is 19.3 Å². The van der Waals surface area contributed by atoms with Crippen molar-refractivity contribution in [3.8, 4) is 0 Å². The minimum Gasteiger partial charge on any atom is -0.352 e. The van der Waals surface area contributed by atoms with Gasteiger partial charge in [0.1, 0.15) is 0 Å². The molecule has 1 aliphatic carbocycles. The van der Waals surface area contributed by atoms with Gasteiger partial charge in [-0.2, -0.15) is 0 Å². The van der Waals surface area contributed by atoms with Crippen molar-refractivity contribution in [2.75, 3.05) is 19.6 Å². The van der Waals surface area contributed by atoms with Crippen LogP contribution in [0.3, 0.4) is 0 Å². The van der Waals surface area contributed by atoms with Crippen molar-refractivity contribution >= 4 is 5.91 Å². The number of nitrogens with zero attached hydrogens (tertiary/aromatic N) is 1. The number of nitrogens with one attached hydrogen (secondary N) is 1. The van der Waals surface area contributed by atoms with Gasteiger partial charge in [-0.05, 0) is 32.2 Å². The van der Waals surface area contributed by atoms with Crippen LogP contribution in [-0.2, 0) is 4.79 Å². The van der Waals surface area contributed by atoms with Crippen LogP contribution < -0.4 is 11.1 Å². The molecule has 3 N–H and O–H groups in total. The van der Waals surface area contributed by atoms with E-state index in [1.807, 2.05) is 0 Å². The van der Waals surface area contributed by atoms with E-state index in [-0.39, 0.29) is 5.91 Å². The quantitative estimate of drug-likeness (QED) is 0.731. The highest BCUT2D eigenvalue weighted by atomic mass is 16.2. The minimum atomic E-state index is 0.187. The molecule has 1 saturated heterocycles. The Morgan fingerprint density at radius 3 is 2.69 bits per heavy atom. The summed E-state index contributed by atoms with van der Waals surface area (Å²) in [6.07, 6.45) is 7.17. The third kappa shape index (κ3) is 2.95. The first-order valence-electron chi connectivity index (χ1n) is 6.53. The predicted molar refractivity (Wildman–Crippen MR) is 64.0 cm³/mol.